The lowest BCUT2D eigenvalue weighted by Crippen LogP contribution is -2.14. The van der Waals surface area contributed by atoms with E-state index < -0.39 is 57.0 Å². The molecule has 3 aromatic heterocycles. The van der Waals surface area contributed by atoms with Gasteiger partial charge in [0, 0.05) is 12.6 Å². The van der Waals surface area contributed by atoms with Crippen molar-refractivity contribution in [3.05, 3.63) is 69.4 Å². The van der Waals surface area contributed by atoms with E-state index in [2.05, 4.69) is 15.6 Å². The van der Waals surface area contributed by atoms with Gasteiger partial charge in [0.1, 0.15) is 22.3 Å². The predicted molar refractivity (Wildman–Crippen MR) is 117 cm³/mol. The summed E-state index contributed by atoms with van der Waals surface area (Å²) in [6, 6.07) is 9.12. The Morgan fingerprint density at radius 3 is 2.57 bits per heavy atom. The molecule has 0 spiro atoms. The number of anilines is 1. The fourth-order valence-electron chi connectivity index (χ4n) is 3.73. The molecule has 0 aliphatic rings. The third kappa shape index (κ3) is 3.71. The first-order chi connectivity index (χ1) is 16.6. The third-order valence-corrected chi connectivity index (χ3v) is 5.36. The second-order valence-electron chi connectivity index (χ2n) is 7.39. The zero-order valence-electron chi connectivity index (χ0n) is 17.4. The second kappa shape index (κ2) is 7.94. The van der Waals surface area contributed by atoms with Crippen molar-refractivity contribution in [2.75, 3.05) is 5.32 Å². The van der Waals surface area contributed by atoms with Crippen LogP contribution in [-0.2, 0) is 11.0 Å². The van der Waals surface area contributed by atoms with Crippen LogP contribution in [0.1, 0.15) is 12.6 Å². The molecule has 0 radical (unpaired) electrons. The summed E-state index contributed by atoms with van der Waals surface area (Å²) >= 11 is 6.05. The molecule has 0 saturated carbocycles. The molecule has 0 fully saturated rings. The van der Waals surface area contributed by atoms with E-state index in [4.69, 9.17) is 20.5 Å². The topological polar surface area (TPSA) is 103 Å². The number of benzene rings is 2. The van der Waals surface area contributed by atoms with Gasteiger partial charge in [0.2, 0.25) is 5.91 Å². The molecule has 5 rings (SSSR count). The van der Waals surface area contributed by atoms with E-state index in [0.29, 0.717) is 4.68 Å². The molecule has 0 aliphatic heterocycles. The Balaban J connectivity index is 1.85. The fourth-order valence-corrected chi connectivity index (χ4v) is 3.98. The number of alkyl halides is 3. The predicted octanol–water partition coefficient (Wildman–Crippen LogP) is 5.56. The lowest BCUT2D eigenvalue weighted by molar-refractivity contribution is -0.141. The number of halogens is 5. The van der Waals surface area contributed by atoms with Gasteiger partial charge in [-0.15, -0.1) is 5.10 Å². The van der Waals surface area contributed by atoms with Gasteiger partial charge in [0.05, 0.1) is 16.3 Å². The van der Waals surface area contributed by atoms with Crippen LogP contribution in [0.15, 0.2) is 56.2 Å². The number of nitrogens with zero attached hydrogens (tertiary/aromatic N) is 3. The van der Waals surface area contributed by atoms with E-state index in [0.717, 1.165) is 6.07 Å². The molecule has 8 nitrogen and oxygen atoms in total. The molecule has 5 aromatic rings. The zero-order chi connectivity index (χ0) is 25.1. The summed E-state index contributed by atoms with van der Waals surface area (Å²) in [4.78, 5) is 24.1. The highest BCUT2D eigenvalue weighted by atomic mass is 35.5. The van der Waals surface area contributed by atoms with Crippen molar-refractivity contribution in [1.29, 1.82) is 0 Å². The minimum atomic E-state index is -5.01. The van der Waals surface area contributed by atoms with Gasteiger partial charge >= 0.3 is 11.8 Å². The van der Waals surface area contributed by atoms with Crippen LogP contribution in [0.5, 0.6) is 0 Å². The normalized spacial score (nSPS) is 11.9. The molecule has 1 amide bonds. The maximum Gasteiger partial charge on any atom is 0.434 e. The highest BCUT2D eigenvalue weighted by molar-refractivity contribution is 6.33. The maximum absolute atomic E-state index is 14.5. The van der Waals surface area contributed by atoms with Crippen LogP contribution in [0.2, 0.25) is 5.02 Å². The van der Waals surface area contributed by atoms with E-state index in [1.165, 1.54) is 43.3 Å². The third-order valence-electron chi connectivity index (χ3n) is 5.05. The molecule has 0 atom stereocenters. The Morgan fingerprint density at radius 2 is 1.89 bits per heavy atom. The molecular weight excluding hydrogens is 496 g/mol. The van der Waals surface area contributed by atoms with E-state index in [-0.39, 0.29) is 22.0 Å². The van der Waals surface area contributed by atoms with E-state index in [1.807, 2.05) is 0 Å². The highest BCUT2D eigenvalue weighted by Crippen LogP contribution is 2.41. The summed E-state index contributed by atoms with van der Waals surface area (Å²) < 4.78 is 68.1. The summed E-state index contributed by atoms with van der Waals surface area (Å²) in [7, 11) is 0. The molecule has 2 aromatic carbocycles. The number of amides is 1. The van der Waals surface area contributed by atoms with Crippen LogP contribution in [0.3, 0.4) is 0 Å². The van der Waals surface area contributed by atoms with E-state index in [1.54, 1.807) is 0 Å². The van der Waals surface area contributed by atoms with Gasteiger partial charge in [-0.2, -0.15) is 13.2 Å². The SMILES string of the molecule is CC(=O)Nc1cccc(-n2nc3oc(=O)c4c(-c5c(F)cccc5Cl)noc4c3c2C(F)(F)F)c1. The number of aromatic nitrogens is 3. The quantitative estimate of drug-likeness (QED) is 0.321. The molecule has 13 heteroatoms. The maximum atomic E-state index is 14.5. The number of carbonyl (C=O) groups is 1. The first kappa shape index (κ1) is 22.6. The Labute approximate surface area is 196 Å². The monoisotopic (exact) mass is 506 g/mol. The summed E-state index contributed by atoms with van der Waals surface area (Å²) in [6.45, 7) is 1.24. The average molecular weight is 507 g/mol. The van der Waals surface area contributed by atoms with E-state index >= 15 is 0 Å². The molecule has 0 saturated heterocycles. The number of carbonyl (C=O) groups excluding carboxylic acids is 1. The first-order valence-electron chi connectivity index (χ1n) is 9.81. The summed E-state index contributed by atoms with van der Waals surface area (Å²) in [5.74, 6) is -1.30. The van der Waals surface area contributed by atoms with Crippen LogP contribution in [-0.4, -0.2) is 20.8 Å². The van der Waals surface area contributed by atoms with Crippen molar-refractivity contribution in [2.24, 2.45) is 0 Å². The lowest BCUT2D eigenvalue weighted by Gasteiger charge is -2.11. The van der Waals surface area contributed by atoms with Crippen molar-refractivity contribution in [1.82, 2.24) is 14.9 Å². The standard InChI is InChI=1S/C22H11ClF4N4O4/c1-9(32)28-10-4-2-5-11(8-10)31-19(22(25,26)27)16-18-15(21(33)34-20(16)29-31)17(30-35-18)14-12(23)6-3-7-13(14)24/h2-8H,1H3,(H,28,32). The largest absolute Gasteiger partial charge is 0.434 e. The van der Waals surface area contributed by atoms with Crippen LogP contribution in [0.25, 0.3) is 39.0 Å². The van der Waals surface area contributed by atoms with Crippen LogP contribution >= 0.6 is 11.6 Å². The first-order valence-corrected chi connectivity index (χ1v) is 10.2. The average Bonchev–Trinajstić information content (AvgIpc) is 3.36. The molecule has 0 aliphatic carbocycles. The minimum Gasteiger partial charge on any atom is -0.401 e. The zero-order valence-corrected chi connectivity index (χ0v) is 18.2. The van der Waals surface area contributed by atoms with Crippen LogP contribution in [0.4, 0.5) is 23.2 Å². The molecule has 3 heterocycles. The Hall–Kier alpha value is -4.19. The van der Waals surface area contributed by atoms with Crippen molar-refractivity contribution >= 4 is 45.3 Å². The minimum absolute atomic E-state index is 0.0903. The Bertz CT molecular complexity index is 1680. The number of hydrogen-bond donors (Lipinski definition) is 1. The van der Waals surface area contributed by atoms with Crippen LogP contribution in [0, 0.1) is 5.82 Å². The van der Waals surface area contributed by atoms with Gasteiger partial charge in [-0.3, -0.25) is 4.79 Å². The summed E-state index contributed by atoms with van der Waals surface area (Å²) in [5.41, 5.74) is -4.37. The van der Waals surface area contributed by atoms with Gasteiger partial charge in [0.15, 0.2) is 11.3 Å². The number of rotatable bonds is 3. The van der Waals surface area contributed by atoms with Crippen LogP contribution < -0.4 is 10.9 Å². The molecule has 0 unspecified atom stereocenters. The highest BCUT2D eigenvalue weighted by Gasteiger charge is 2.41. The number of hydrogen-bond acceptors (Lipinski definition) is 6. The van der Waals surface area contributed by atoms with Crippen molar-refractivity contribution in [3.63, 3.8) is 0 Å². The lowest BCUT2D eigenvalue weighted by atomic mass is 10.1. The summed E-state index contributed by atoms with van der Waals surface area (Å²) in [5, 5.41) is 8.58. The van der Waals surface area contributed by atoms with Gasteiger partial charge in [-0.25, -0.2) is 13.9 Å². The van der Waals surface area contributed by atoms with Gasteiger partial charge in [-0.1, -0.05) is 28.9 Å². The Morgan fingerprint density at radius 1 is 1.14 bits per heavy atom. The van der Waals surface area contributed by atoms with Crippen molar-refractivity contribution in [3.8, 4) is 16.9 Å². The number of fused-ring (bicyclic) bond motifs is 3. The smallest absolute Gasteiger partial charge is 0.401 e. The molecular formula is C22H11ClF4N4O4. The van der Waals surface area contributed by atoms with E-state index in [9.17, 15) is 27.2 Å². The molecule has 178 valence electrons. The van der Waals surface area contributed by atoms with Gasteiger partial charge < -0.3 is 14.3 Å². The van der Waals surface area contributed by atoms with Crippen molar-refractivity contribution in [2.45, 2.75) is 13.1 Å². The van der Waals surface area contributed by atoms with Gasteiger partial charge in [-0.05, 0) is 30.3 Å². The second-order valence-corrected chi connectivity index (χ2v) is 7.80. The molecule has 0 bridgehead atoms. The molecule has 1 N–H and O–H groups in total. The Kier molecular flexibility index (Phi) is 5.13. The molecule has 35 heavy (non-hydrogen) atoms. The van der Waals surface area contributed by atoms with Gasteiger partial charge in [0.25, 0.3) is 5.71 Å². The summed E-state index contributed by atoms with van der Waals surface area (Å²) in [6.07, 6.45) is -5.01. The fraction of sp³-hybridized carbons (Fsp3) is 0.0909. The van der Waals surface area contributed by atoms with Crippen molar-refractivity contribution < 1.29 is 31.3 Å². The number of nitrogens with one attached hydrogen (secondary N) is 1.